The summed E-state index contributed by atoms with van der Waals surface area (Å²) in [4.78, 5) is 5.85. The van der Waals surface area contributed by atoms with Crippen LogP contribution in [0.1, 0.15) is 18.5 Å². The molecule has 1 atom stereocenters. The molecule has 0 saturated carbocycles. The topological polar surface area (TPSA) is 31.1 Å². The number of piperazine rings is 1. The van der Waals surface area contributed by atoms with Crippen LogP contribution in [0.3, 0.4) is 0 Å². The van der Waals surface area contributed by atoms with E-state index >= 15 is 0 Å². The molecule has 18 heavy (non-hydrogen) atoms. The van der Waals surface area contributed by atoms with Crippen LogP contribution in [0.5, 0.6) is 0 Å². The minimum atomic E-state index is 0.430. The van der Waals surface area contributed by atoms with Crippen LogP contribution in [-0.4, -0.2) is 36.1 Å². The first-order valence-corrected chi connectivity index (χ1v) is 6.85. The Morgan fingerprint density at radius 2 is 2.06 bits per heavy atom. The van der Waals surface area contributed by atoms with Crippen LogP contribution in [0.4, 0.5) is 0 Å². The average Bonchev–Trinajstić information content (AvgIpc) is 2.82. The van der Waals surface area contributed by atoms with Gasteiger partial charge in [0.2, 0.25) is 0 Å². The second-order valence-corrected chi connectivity index (χ2v) is 5.33. The van der Waals surface area contributed by atoms with Gasteiger partial charge in [-0.1, -0.05) is 11.6 Å². The summed E-state index contributed by atoms with van der Waals surface area (Å²) < 4.78 is 0. The standard InChI is InChI=1S/C14H18ClN3/c1-10(18-6-4-16-5-7-18)13-9-17-14-3-2-11(15)8-12(13)14/h2-3,8-10,16-17H,4-7H2,1H3. The summed E-state index contributed by atoms with van der Waals surface area (Å²) in [6.07, 6.45) is 2.12. The number of rotatable bonds is 2. The van der Waals surface area contributed by atoms with E-state index in [0.717, 1.165) is 36.7 Å². The van der Waals surface area contributed by atoms with Crippen molar-refractivity contribution < 1.29 is 0 Å². The van der Waals surface area contributed by atoms with E-state index in [1.165, 1.54) is 10.9 Å². The van der Waals surface area contributed by atoms with Gasteiger partial charge in [-0.15, -0.1) is 0 Å². The van der Waals surface area contributed by atoms with Crippen LogP contribution in [0.15, 0.2) is 24.4 Å². The molecule has 1 unspecified atom stereocenters. The molecule has 3 rings (SSSR count). The largest absolute Gasteiger partial charge is 0.361 e. The molecule has 4 heteroatoms. The molecule has 1 aliphatic heterocycles. The zero-order valence-corrected chi connectivity index (χ0v) is 11.3. The molecule has 96 valence electrons. The monoisotopic (exact) mass is 263 g/mol. The molecule has 2 aromatic rings. The van der Waals surface area contributed by atoms with Crippen LogP contribution in [0, 0.1) is 0 Å². The molecule has 3 nitrogen and oxygen atoms in total. The maximum absolute atomic E-state index is 6.10. The van der Waals surface area contributed by atoms with Crippen LogP contribution < -0.4 is 5.32 Å². The van der Waals surface area contributed by atoms with E-state index in [0.29, 0.717) is 6.04 Å². The minimum Gasteiger partial charge on any atom is -0.361 e. The zero-order valence-electron chi connectivity index (χ0n) is 10.5. The number of benzene rings is 1. The predicted molar refractivity (Wildman–Crippen MR) is 76.2 cm³/mol. The van der Waals surface area contributed by atoms with E-state index in [4.69, 9.17) is 11.6 Å². The SMILES string of the molecule is CC(c1c[nH]c2ccc(Cl)cc12)N1CCNCC1. The molecule has 1 aromatic heterocycles. The van der Waals surface area contributed by atoms with Gasteiger partial charge in [0.05, 0.1) is 0 Å². The van der Waals surface area contributed by atoms with Crippen molar-refractivity contribution in [3.63, 3.8) is 0 Å². The Hall–Kier alpha value is -1.03. The Bertz CT molecular complexity index is 543. The van der Waals surface area contributed by atoms with Gasteiger partial charge in [0.1, 0.15) is 0 Å². The molecule has 1 fully saturated rings. The van der Waals surface area contributed by atoms with E-state index in [9.17, 15) is 0 Å². The highest BCUT2D eigenvalue weighted by Gasteiger charge is 2.20. The van der Waals surface area contributed by atoms with Crippen molar-refractivity contribution in [3.05, 3.63) is 35.0 Å². The third kappa shape index (κ3) is 2.14. The normalized spacial score (nSPS) is 19.2. The molecule has 0 amide bonds. The number of nitrogens with one attached hydrogen (secondary N) is 2. The summed E-state index contributed by atoms with van der Waals surface area (Å²) in [6, 6.07) is 6.46. The smallest absolute Gasteiger partial charge is 0.0458 e. The molecule has 1 aromatic carbocycles. The summed E-state index contributed by atoms with van der Waals surface area (Å²) >= 11 is 6.10. The molecular formula is C14H18ClN3. The average molecular weight is 264 g/mol. The summed E-state index contributed by atoms with van der Waals surface area (Å²) in [7, 11) is 0. The van der Waals surface area contributed by atoms with Gasteiger partial charge in [0, 0.05) is 54.3 Å². The number of H-pyrrole nitrogens is 1. The fourth-order valence-electron chi connectivity index (χ4n) is 2.73. The summed E-state index contributed by atoms with van der Waals surface area (Å²) in [5.74, 6) is 0. The Morgan fingerprint density at radius 1 is 1.28 bits per heavy atom. The fraction of sp³-hybridized carbons (Fsp3) is 0.429. The number of fused-ring (bicyclic) bond motifs is 1. The van der Waals surface area contributed by atoms with Crippen LogP contribution >= 0.6 is 11.6 Å². The van der Waals surface area contributed by atoms with E-state index in [1.54, 1.807) is 0 Å². The molecule has 2 heterocycles. The molecule has 0 radical (unpaired) electrons. The van der Waals surface area contributed by atoms with Crippen molar-refractivity contribution in [2.24, 2.45) is 0 Å². The van der Waals surface area contributed by atoms with Gasteiger partial charge in [0.25, 0.3) is 0 Å². The maximum atomic E-state index is 6.10. The van der Waals surface area contributed by atoms with Gasteiger partial charge in [0.15, 0.2) is 0 Å². The summed E-state index contributed by atoms with van der Waals surface area (Å²) in [5.41, 5.74) is 2.51. The van der Waals surface area contributed by atoms with Gasteiger partial charge in [-0.2, -0.15) is 0 Å². The highest BCUT2D eigenvalue weighted by atomic mass is 35.5. The van der Waals surface area contributed by atoms with E-state index in [2.05, 4.69) is 34.4 Å². The van der Waals surface area contributed by atoms with E-state index < -0.39 is 0 Å². The van der Waals surface area contributed by atoms with Crippen molar-refractivity contribution in [1.82, 2.24) is 15.2 Å². The molecule has 2 N–H and O–H groups in total. The first-order valence-electron chi connectivity index (χ1n) is 6.47. The number of hydrogen-bond acceptors (Lipinski definition) is 2. The van der Waals surface area contributed by atoms with Crippen molar-refractivity contribution in [2.45, 2.75) is 13.0 Å². The fourth-order valence-corrected chi connectivity index (χ4v) is 2.90. The highest BCUT2D eigenvalue weighted by molar-refractivity contribution is 6.31. The molecular weight excluding hydrogens is 246 g/mol. The number of aromatic amines is 1. The molecule has 0 spiro atoms. The lowest BCUT2D eigenvalue weighted by Gasteiger charge is -2.32. The van der Waals surface area contributed by atoms with Gasteiger partial charge in [-0.3, -0.25) is 4.90 Å². The number of hydrogen-bond donors (Lipinski definition) is 2. The third-order valence-electron chi connectivity index (χ3n) is 3.83. The Kier molecular flexibility index (Phi) is 3.29. The number of nitrogens with zero attached hydrogens (tertiary/aromatic N) is 1. The van der Waals surface area contributed by atoms with Crippen LogP contribution in [-0.2, 0) is 0 Å². The van der Waals surface area contributed by atoms with Gasteiger partial charge >= 0.3 is 0 Å². The second kappa shape index (κ2) is 4.92. The Morgan fingerprint density at radius 3 is 2.83 bits per heavy atom. The Labute approximate surface area is 112 Å². The highest BCUT2D eigenvalue weighted by Crippen LogP contribution is 2.29. The zero-order chi connectivity index (χ0) is 12.5. The number of halogens is 1. The van der Waals surface area contributed by atoms with Crippen LogP contribution in [0.2, 0.25) is 5.02 Å². The summed E-state index contributed by atoms with van der Waals surface area (Å²) in [5, 5.41) is 5.44. The maximum Gasteiger partial charge on any atom is 0.0458 e. The van der Waals surface area contributed by atoms with Gasteiger partial charge in [-0.25, -0.2) is 0 Å². The number of aromatic nitrogens is 1. The van der Waals surface area contributed by atoms with Gasteiger partial charge < -0.3 is 10.3 Å². The first kappa shape index (κ1) is 12.0. The Balaban J connectivity index is 1.95. The third-order valence-corrected chi connectivity index (χ3v) is 4.06. The lowest BCUT2D eigenvalue weighted by molar-refractivity contribution is 0.186. The lowest BCUT2D eigenvalue weighted by atomic mass is 10.1. The second-order valence-electron chi connectivity index (χ2n) is 4.90. The van der Waals surface area contributed by atoms with Crippen molar-refractivity contribution in [2.75, 3.05) is 26.2 Å². The summed E-state index contributed by atoms with van der Waals surface area (Å²) in [6.45, 7) is 6.64. The molecule has 0 bridgehead atoms. The quantitative estimate of drug-likeness (QED) is 0.873. The van der Waals surface area contributed by atoms with Gasteiger partial charge in [-0.05, 0) is 30.7 Å². The molecule has 1 aliphatic rings. The molecule has 1 saturated heterocycles. The van der Waals surface area contributed by atoms with Crippen LogP contribution in [0.25, 0.3) is 10.9 Å². The van der Waals surface area contributed by atoms with Crippen molar-refractivity contribution >= 4 is 22.5 Å². The van der Waals surface area contributed by atoms with Crippen molar-refractivity contribution in [1.29, 1.82) is 0 Å². The predicted octanol–water partition coefficient (Wildman–Crippen LogP) is 2.79. The minimum absolute atomic E-state index is 0.430. The lowest BCUT2D eigenvalue weighted by Crippen LogP contribution is -2.44. The van der Waals surface area contributed by atoms with E-state index in [1.807, 2.05) is 12.1 Å². The van der Waals surface area contributed by atoms with E-state index in [-0.39, 0.29) is 0 Å². The van der Waals surface area contributed by atoms with Crippen molar-refractivity contribution in [3.8, 4) is 0 Å². The molecule has 0 aliphatic carbocycles. The first-order chi connectivity index (χ1) is 8.75.